The van der Waals surface area contributed by atoms with Crippen molar-refractivity contribution in [3.63, 3.8) is 0 Å². The zero-order valence-corrected chi connectivity index (χ0v) is 28.6. The van der Waals surface area contributed by atoms with Crippen molar-refractivity contribution in [3.05, 3.63) is 151 Å². The molecule has 5 heterocycles. The van der Waals surface area contributed by atoms with Gasteiger partial charge in [-0.3, -0.25) is 0 Å². The smallest absolute Gasteiger partial charge is 0.333 e. The van der Waals surface area contributed by atoms with Gasteiger partial charge in [-0.25, -0.2) is 0 Å². The first kappa shape index (κ1) is 27.8. The minimum Gasteiger partial charge on any atom is -0.454 e. The van der Waals surface area contributed by atoms with Gasteiger partial charge in [0.2, 0.25) is 0 Å². The first-order valence-corrected chi connectivity index (χ1v) is 18.1. The summed E-state index contributed by atoms with van der Waals surface area (Å²) in [6, 6.07) is 52.0. The second kappa shape index (κ2) is 9.69. The Balaban J connectivity index is 1.19. The molecule has 0 spiro atoms. The summed E-state index contributed by atoms with van der Waals surface area (Å²) < 4.78 is 22.5. The third-order valence-corrected chi connectivity index (χ3v) is 11.6. The van der Waals surface area contributed by atoms with Crippen LogP contribution >= 0.6 is 0 Å². The highest BCUT2D eigenvalue weighted by atomic mass is 16.6. The maximum atomic E-state index is 6.80. The molecule has 3 aliphatic rings. The SMILES string of the molecule is Cc1cc2c3c(c1)-n1c4ccc5ccccc5c4c4cccc(c41)B3N(c1cccc3c1oc1ccccc13)c1cc3c(cc1-2)Oc1ccccc1O3. The van der Waals surface area contributed by atoms with Crippen LogP contribution in [0.5, 0.6) is 23.0 Å². The molecule has 0 N–H and O–H groups in total. The molecule has 0 radical (unpaired) electrons. The second-order valence-electron chi connectivity index (χ2n) is 14.5. The highest BCUT2D eigenvalue weighted by molar-refractivity contribution is 6.93. The molecule has 0 saturated carbocycles. The molecule has 6 heteroatoms. The van der Waals surface area contributed by atoms with Crippen LogP contribution in [0.3, 0.4) is 0 Å². The lowest BCUT2D eigenvalue weighted by Gasteiger charge is -2.42. The van der Waals surface area contributed by atoms with Crippen molar-refractivity contribution < 1.29 is 13.9 Å². The van der Waals surface area contributed by atoms with Gasteiger partial charge in [-0.2, -0.15) is 0 Å². The molecule has 5 nitrogen and oxygen atoms in total. The third-order valence-electron chi connectivity index (χ3n) is 11.6. The number of furan rings is 1. The van der Waals surface area contributed by atoms with E-state index in [9.17, 15) is 0 Å². The number of hydrogen-bond acceptors (Lipinski definition) is 4. The standard InChI is InChI=1S/C47H27BN2O3/c1-26-22-33-32-24-42-43(52-41-19-7-6-18-40(41)51-42)25-37(32)50(36-16-9-13-30-29-12-4-5-17-39(29)53-47(30)36)48-34-15-8-14-31-44-28-11-3-2-10-27(28)20-21-35(44)49(46(31)34)38(23-26)45(33)48/h2-25H,1H3. The number of ether oxygens (including phenoxy) is 2. The summed E-state index contributed by atoms with van der Waals surface area (Å²) in [6.45, 7) is 2.05. The summed E-state index contributed by atoms with van der Waals surface area (Å²) in [5.41, 5.74) is 13.4. The fourth-order valence-corrected chi connectivity index (χ4v) is 9.54. The normalized spacial score (nSPS) is 13.6. The summed E-state index contributed by atoms with van der Waals surface area (Å²) >= 11 is 0. The minimum absolute atomic E-state index is 0.159. The molecule has 13 rings (SSSR count). The molecule has 0 fully saturated rings. The van der Waals surface area contributed by atoms with Crippen LogP contribution in [0.2, 0.25) is 0 Å². The van der Waals surface area contributed by atoms with E-state index in [0.717, 1.165) is 38.9 Å². The van der Waals surface area contributed by atoms with Gasteiger partial charge in [0.15, 0.2) is 28.6 Å². The van der Waals surface area contributed by atoms with E-state index in [2.05, 4.69) is 132 Å². The fourth-order valence-electron chi connectivity index (χ4n) is 9.54. The number of rotatable bonds is 1. The first-order valence-electron chi connectivity index (χ1n) is 18.1. The number of aryl methyl sites for hydroxylation is 1. The number of hydrogen-bond donors (Lipinski definition) is 0. The van der Waals surface area contributed by atoms with Gasteiger partial charge in [-0.15, -0.1) is 0 Å². The number of para-hydroxylation sites is 5. The third kappa shape index (κ3) is 3.48. The topological polar surface area (TPSA) is 39.8 Å². The van der Waals surface area contributed by atoms with Crippen LogP contribution in [0.15, 0.2) is 150 Å². The zero-order valence-electron chi connectivity index (χ0n) is 28.6. The number of nitrogens with zero attached hydrogens (tertiary/aromatic N) is 2. The van der Waals surface area contributed by atoms with Gasteiger partial charge in [-0.1, -0.05) is 97.1 Å². The predicted molar refractivity (Wildman–Crippen MR) is 216 cm³/mol. The maximum absolute atomic E-state index is 6.80. The number of fused-ring (bicyclic) bond motifs is 14. The van der Waals surface area contributed by atoms with Gasteiger partial charge in [0.25, 0.3) is 0 Å². The lowest BCUT2D eigenvalue weighted by Crippen LogP contribution is -2.60. The predicted octanol–water partition coefficient (Wildman–Crippen LogP) is 11.3. The van der Waals surface area contributed by atoms with Gasteiger partial charge in [-0.05, 0) is 82.2 Å². The van der Waals surface area contributed by atoms with Crippen molar-refractivity contribution >= 4 is 83.7 Å². The minimum atomic E-state index is -0.159. The zero-order chi connectivity index (χ0) is 34.5. The molecule has 246 valence electrons. The Morgan fingerprint density at radius 1 is 0.528 bits per heavy atom. The lowest BCUT2D eigenvalue weighted by atomic mass is 9.44. The molecule has 0 saturated heterocycles. The number of aromatic nitrogens is 1. The second-order valence-corrected chi connectivity index (χ2v) is 14.5. The molecule has 0 atom stereocenters. The van der Waals surface area contributed by atoms with Gasteiger partial charge in [0, 0.05) is 44.5 Å². The molecule has 2 aromatic heterocycles. The van der Waals surface area contributed by atoms with E-state index < -0.39 is 0 Å². The number of benzene rings is 8. The van der Waals surface area contributed by atoms with Crippen LogP contribution < -0.4 is 25.2 Å². The summed E-state index contributed by atoms with van der Waals surface area (Å²) in [7, 11) is 0. The summed E-state index contributed by atoms with van der Waals surface area (Å²) in [5.74, 6) is 2.82. The van der Waals surface area contributed by atoms with E-state index in [1.807, 2.05) is 30.3 Å². The Morgan fingerprint density at radius 2 is 1.26 bits per heavy atom. The largest absolute Gasteiger partial charge is 0.454 e. The molecule has 53 heavy (non-hydrogen) atoms. The molecular formula is C47H27BN2O3. The molecule has 0 amide bonds. The van der Waals surface area contributed by atoms with E-state index in [4.69, 9.17) is 13.9 Å². The van der Waals surface area contributed by atoms with E-state index in [1.165, 1.54) is 60.3 Å². The Kier molecular flexibility index (Phi) is 5.08. The van der Waals surface area contributed by atoms with E-state index >= 15 is 0 Å². The molecule has 3 aliphatic heterocycles. The maximum Gasteiger partial charge on any atom is 0.333 e. The van der Waals surface area contributed by atoms with Crippen LogP contribution in [0.4, 0.5) is 11.4 Å². The molecule has 0 bridgehead atoms. The average molecular weight is 679 g/mol. The molecule has 10 aromatic rings. The van der Waals surface area contributed by atoms with Gasteiger partial charge in [0.1, 0.15) is 5.58 Å². The van der Waals surface area contributed by atoms with Crippen LogP contribution in [-0.2, 0) is 0 Å². The Labute approximate surface area is 303 Å². The van der Waals surface area contributed by atoms with Crippen molar-refractivity contribution in [2.75, 3.05) is 4.81 Å². The van der Waals surface area contributed by atoms with E-state index in [0.29, 0.717) is 23.0 Å². The summed E-state index contributed by atoms with van der Waals surface area (Å²) in [6.07, 6.45) is 0. The van der Waals surface area contributed by atoms with Crippen molar-refractivity contribution in [1.82, 2.24) is 4.57 Å². The van der Waals surface area contributed by atoms with Crippen LogP contribution in [-0.4, -0.2) is 11.4 Å². The molecule has 8 aromatic carbocycles. The van der Waals surface area contributed by atoms with Crippen LogP contribution in [0, 0.1) is 6.92 Å². The molecule has 0 aliphatic carbocycles. The fraction of sp³-hybridized carbons (Fsp3) is 0.0213. The quantitative estimate of drug-likeness (QED) is 0.162. The Hall–Kier alpha value is -6.92. The van der Waals surface area contributed by atoms with E-state index in [1.54, 1.807) is 0 Å². The van der Waals surface area contributed by atoms with Gasteiger partial charge >= 0.3 is 6.85 Å². The van der Waals surface area contributed by atoms with E-state index in [-0.39, 0.29) is 6.85 Å². The highest BCUT2D eigenvalue weighted by Gasteiger charge is 2.45. The van der Waals surface area contributed by atoms with Crippen molar-refractivity contribution in [1.29, 1.82) is 0 Å². The first-order chi connectivity index (χ1) is 26.2. The summed E-state index contributed by atoms with van der Waals surface area (Å²) in [5, 5.41) is 7.25. The molecule has 0 unspecified atom stereocenters. The van der Waals surface area contributed by atoms with Gasteiger partial charge in [0.05, 0.1) is 16.7 Å². The van der Waals surface area contributed by atoms with Crippen molar-refractivity contribution in [3.8, 4) is 39.8 Å². The van der Waals surface area contributed by atoms with Gasteiger partial charge < -0.3 is 23.3 Å². The summed E-state index contributed by atoms with van der Waals surface area (Å²) in [4.78, 5) is 2.50. The number of anilines is 2. The monoisotopic (exact) mass is 678 g/mol. The average Bonchev–Trinajstić information content (AvgIpc) is 3.75. The Morgan fingerprint density at radius 3 is 2.15 bits per heavy atom. The molecular weight excluding hydrogens is 651 g/mol. The van der Waals surface area contributed by atoms with Crippen LogP contribution in [0.1, 0.15) is 5.56 Å². The van der Waals surface area contributed by atoms with Crippen LogP contribution in [0.25, 0.3) is 71.3 Å². The lowest BCUT2D eigenvalue weighted by molar-refractivity contribution is 0.360. The van der Waals surface area contributed by atoms with Crippen molar-refractivity contribution in [2.45, 2.75) is 6.92 Å². The Bertz CT molecular complexity index is 3280. The van der Waals surface area contributed by atoms with Crippen molar-refractivity contribution in [2.24, 2.45) is 0 Å². The highest BCUT2D eigenvalue weighted by Crippen LogP contribution is 2.53.